The van der Waals surface area contributed by atoms with Crippen LogP contribution in [0, 0.1) is 13.8 Å². The lowest BCUT2D eigenvalue weighted by Gasteiger charge is -2.21. The number of aryl methyl sites for hydroxylation is 2. The maximum Gasteiger partial charge on any atom is -0.00138 e. The molecule has 0 bridgehead atoms. The molecule has 0 amide bonds. The second-order valence-electron chi connectivity index (χ2n) is 9.36. The Balaban J connectivity index is 1.79. The van der Waals surface area contributed by atoms with Crippen LogP contribution in [0.1, 0.15) is 11.1 Å². The van der Waals surface area contributed by atoms with E-state index in [-0.39, 0.29) is 0 Å². The van der Waals surface area contributed by atoms with Gasteiger partial charge in [0.1, 0.15) is 0 Å². The van der Waals surface area contributed by atoms with Crippen LogP contribution in [0.2, 0.25) is 0 Å². The zero-order chi connectivity index (χ0) is 21.1. The molecule has 0 unspecified atom stereocenters. The summed E-state index contributed by atoms with van der Waals surface area (Å²) in [5, 5.41) is 19.3. The van der Waals surface area contributed by atoms with Gasteiger partial charge >= 0.3 is 0 Å². The van der Waals surface area contributed by atoms with Crippen LogP contribution >= 0.6 is 0 Å². The topological polar surface area (TPSA) is 0 Å². The lowest BCUT2D eigenvalue weighted by molar-refractivity contribution is 1.59. The van der Waals surface area contributed by atoms with E-state index in [1.807, 2.05) is 0 Å². The highest BCUT2D eigenvalue weighted by molar-refractivity contribution is 6.41. The predicted molar refractivity (Wildman–Crippen MR) is 141 cm³/mol. The van der Waals surface area contributed by atoms with Gasteiger partial charge < -0.3 is 0 Å². The summed E-state index contributed by atoms with van der Waals surface area (Å²) in [6, 6.07) is 32.0. The van der Waals surface area contributed by atoms with Gasteiger partial charge in [-0.2, -0.15) is 0 Å². The van der Waals surface area contributed by atoms with E-state index in [9.17, 15) is 0 Å². The predicted octanol–water partition coefficient (Wildman–Crippen LogP) is 9.25. The minimum Gasteiger partial charge on any atom is -0.0616 e. The smallest absolute Gasteiger partial charge is 0.00138 e. The lowest BCUT2D eigenvalue weighted by atomic mass is 9.82. The van der Waals surface area contributed by atoms with Gasteiger partial charge in [0.15, 0.2) is 0 Å². The van der Waals surface area contributed by atoms with Crippen LogP contribution < -0.4 is 0 Å². The van der Waals surface area contributed by atoms with Crippen molar-refractivity contribution >= 4 is 75.4 Å². The van der Waals surface area contributed by atoms with Gasteiger partial charge in [0, 0.05) is 0 Å². The SMILES string of the molecule is Cc1c2ccccc2c2cc3ccc4c(C)c5ccccc5c5cc6ccc1c2c6c3c45. The first-order chi connectivity index (χ1) is 15.7. The quantitative estimate of drug-likeness (QED) is 0.174. The molecular formula is C32H20. The van der Waals surface area contributed by atoms with E-state index in [0.717, 1.165) is 0 Å². The molecule has 0 aliphatic carbocycles. The zero-order valence-corrected chi connectivity index (χ0v) is 18.1. The molecule has 0 aromatic heterocycles. The Kier molecular flexibility index (Phi) is 2.86. The summed E-state index contributed by atoms with van der Waals surface area (Å²) in [6.07, 6.45) is 0. The van der Waals surface area contributed by atoms with Crippen molar-refractivity contribution in [1.82, 2.24) is 0 Å². The minimum absolute atomic E-state index is 1.34. The van der Waals surface area contributed by atoms with Gasteiger partial charge in [0.2, 0.25) is 0 Å². The van der Waals surface area contributed by atoms with Gasteiger partial charge in [-0.05, 0) is 113 Å². The van der Waals surface area contributed by atoms with Gasteiger partial charge in [0.25, 0.3) is 0 Å². The third-order valence-electron chi connectivity index (χ3n) is 7.91. The first kappa shape index (κ1) is 16.8. The van der Waals surface area contributed by atoms with Crippen molar-refractivity contribution in [2.45, 2.75) is 13.8 Å². The minimum atomic E-state index is 1.34. The highest BCUT2D eigenvalue weighted by Gasteiger charge is 2.20. The van der Waals surface area contributed by atoms with E-state index < -0.39 is 0 Å². The largest absolute Gasteiger partial charge is 0.0616 e. The van der Waals surface area contributed by atoms with Crippen LogP contribution in [0.25, 0.3) is 75.4 Å². The molecule has 8 aromatic rings. The average Bonchev–Trinajstić information content (AvgIpc) is 2.85. The summed E-state index contributed by atoms with van der Waals surface area (Å²) >= 11 is 0. The summed E-state index contributed by atoms with van der Waals surface area (Å²) in [7, 11) is 0. The van der Waals surface area contributed by atoms with Crippen molar-refractivity contribution in [2.24, 2.45) is 0 Å². The van der Waals surface area contributed by atoms with Gasteiger partial charge in [-0.3, -0.25) is 0 Å². The standard InChI is InChI=1S/C32H20/c1-17-21-7-3-5-9-25(21)27-15-20-12-14-24-18(2)22-8-4-6-10-26(22)28-16-19-11-13-23(17)31(27)29(19)30(20)32(24)28/h3-16H,1-2H3. The normalized spacial score (nSPS) is 12.7. The van der Waals surface area contributed by atoms with Crippen LogP contribution in [0.4, 0.5) is 0 Å². The van der Waals surface area contributed by atoms with E-state index in [1.54, 1.807) is 0 Å². The summed E-state index contributed by atoms with van der Waals surface area (Å²) in [5.74, 6) is 0. The molecule has 0 aliphatic rings. The fourth-order valence-corrected chi connectivity index (χ4v) is 6.46. The molecule has 0 saturated carbocycles. The fraction of sp³-hybridized carbons (Fsp3) is 0.0625. The Morgan fingerprint density at radius 2 is 0.750 bits per heavy atom. The highest BCUT2D eigenvalue weighted by atomic mass is 14.2. The highest BCUT2D eigenvalue weighted by Crippen LogP contribution is 2.48. The number of benzene rings is 8. The Morgan fingerprint density at radius 3 is 1.19 bits per heavy atom. The van der Waals surface area contributed by atoms with Crippen molar-refractivity contribution < 1.29 is 0 Å². The Labute approximate surface area is 185 Å². The van der Waals surface area contributed by atoms with E-state index in [1.165, 1.54) is 86.5 Å². The lowest BCUT2D eigenvalue weighted by Crippen LogP contribution is -1.94. The van der Waals surface area contributed by atoms with Crippen LogP contribution in [0.5, 0.6) is 0 Å². The molecule has 0 saturated heterocycles. The van der Waals surface area contributed by atoms with E-state index >= 15 is 0 Å². The maximum atomic E-state index is 2.44. The van der Waals surface area contributed by atoms with Crippen LogP contribution in [-0.4, -0.2) is 0 Å². The zero-order valence-electron chi connectivity index (χ0n) is 18.1. The van der Waals surface area contributed by atoms with E-state index in [2.05, 4.69) is 98.8 Å². The molecule has 8 rings (SSSR count). The van der Waals surface area contributed by atoms with Crippen LogP contribution in [-0.2, 0) is 0 Å². The first-order valence-electron chi connectivity index (χ1n) is 11.4. The molecule has 8 aromatic carbocycles. The molecule has 0 atom stereocenters. The molecular weight excluding hydrogens is 384 g/mol. The van der Waals surface area contributed by atoms with Crippen molar-refractivity contribution in [2.75, 3.05) is 0 Å². The van der Waals surface area contributed by atoms with Gasteiger partial charge in [-0.15, -0.1) is 0 Å². The first-order valence-corrected chi connectivity index (χ1v) is 11.4. The Hall–Kier alpha value is -3.90. The monoisotopic (exact) mass is 404 g/mol. The third kappa shape index (κ3) is 1.78. The van der Waals surface area contributed by atoms with E-state index in [4.69, 9.17) is 0 Å². The number of rotatable bonds is 0. The van der Waals surface area contributed by atoms with Crippen molar-refractivity contribution in [3.63, 3.8) is 0 Å². The molecule has 0 spiro atoms. The van der Waals surface area contributed by atoms with Crippen LogP contribution in [0.15, 0.2) is 84.9 Å². The van der Waals surface area contributed by atoms with Crippen LogP contribution in [0.3, 0.4) is 0 Å². The van der Waals surface area contributed by atoms with Gasteiger partial charge in [-0.25, -0.2) is 0 Å². The van der Waals surface area contributed by atoms with E-state index in [0.29, 0.717) is 0 Å². The molecule has 148 valence electrons. The molecule has 0 heteroatoms. The van der Waals surface area contributed by atoms with Crippen molar-refractivity contribution in [3.8, 4) is 0 Å². The molecule has 0 heterocycles. The summed E-state index contributed by atoms with van der Waals surface area (Å²) in [5.41, 5.74) is 2.76. The van der Waals surface area contributed by atoms with Gasteiger partial charge in [-0.1, -0.05) is 72.8 Å². The average molecular weight is 405 g/mol. The number of fused-ring (bicyclic) bond motifs is 4. The fourth-order valence-electron chi connectivity index (χ4n) is 6.46. The summed E-state index contributed by atoms with van der Waals surface area (Å²) in [4.78, 5) is 0. The molecule has 0 radical (unpaired) electrons. The second kappa shape index (κ2) is 5.47. The van der Waals surface area contributed by atoms with Crippen molar-refractivity contribution in [3.05, 3.63) is 96.1 Å². The molecule has 0 aliphatic heterocycles. The maximum absolute atomic E-state index is 2.44. The summed E-state index contributed by atoms with van der Waals surface area (Å²) in [6.45, 7) is 4.56. The molecule has 0 fully saturated rings. The Morgan fingerprint density at radius 1 is 0.344 bits per heavy atom. The molecule has 0 N–H and O–H groups in total. The third-order valence-corrected chi connectivity index (χ3v) is 7.91. The molecule has 32 heavy (non-hydrogen) atoms. The Bertz CT molecular complexity index is 1890. The second-order valence-corrected chi connectivity index (χ2v) is 9.36. The number of hydrogen-bond donors (Lipinski definition) is 0. The molecule has 0 nitrogen and oxygen atoms in total. The number of hydrogen-bond acceptors (Lipinski definition) is 0. The van der Waals surface area contributed by atoms with Crippen molar-refractivity contribution in [1.29, 1.82) is 0 Å². The summed E-state index contributed by atoms with van der Waals surface area (Å²) < 4.78 is 0. The van der Waals surface area contributed by atoms with Gasteiger partial charge in [0.05, 0.1) is 0 Å².